The number of hydrogen-bond donors (Lipinski definition) is 0. The lowest BCUT2D eigenvalue weighted by molar-refractivity contribution is -0.122. The molecule has 0 bridgehead atoms. The van der Waals surface area contributed by atoms with Crippen molar-refractivity contribution in [1.82, 2.24) is 4.90 Å². The third-order valence-corrected chi connectivity index (χ3v) is 4.35. The topological polar surface area (TPSA) is 32.7 Å². The van der Waals surface area contributed by atoms with Crippen LogP contribution in [0.3, 0.4) is 0 Å². The Bertz CT molecular complexity index is 599. The van der Waals surface area contributed by atoms with Crippen LogP contribution < -0.4 is 0 Å². The van der Waals surface area contributed by atoms with Crippen LogP contribution in [0.5, 0.6) is 0 Å². The first-order valence-electron chi connectivity index (χ1n) is 6.27. The molecule has 1 saturated heterocycles. The van der Waals surface area contributed by atoms with Crippen LogP contribution in [0.25, 0.3) is 6.08 Å². The summed E-state index contributed by atoms with van der Waals surface area (Å²) in [6.45, 7) is 5.14. The van der Waals surface area contributed by atoms with Crippen LogP contribution in [0.15, 0.2) is 28.1 Å². The summed E-state index contributed by atoms with van der Waals surface area (Å²) in [6.07, 6.45) is 1.78. The van der Waals surface area contributed by atoms with Gasteiger partial charge in [0.25, 0.3) is 5.91 Å². The summed E-state index contributed by atoms with van der Waals surface area (Å²) >= 11 is 13.4. The number of likely N-dealkylation sites (N-methyl/N-ethyl adjacent to an activating group) is 1. The van der Waals surface area contributed by atoms with Crippen molar-refractivity contribution in [2.24, 2.45) is 4.99 Å². The van der Waals surface area contributed by atoms with Crippen molar-refractivity contribution in [1.29, 1.82) is 0 Å². The SMILES string of the molecule is CCN=C1S/C(=C/c2ccc(Cl)cc2Cl)C(=O)N1CC. The smallest absolute Gasteiger partial charge is 0.266 e. The number of carbonyl (C=O) groups is 1. The average Bonchev–Trinajstić information content (AvgIpc) is 2.69. The van der Waals surface area contributed by atoms with E-state index in [1.54, 1.807) is 29.2 Å². The van der Waals surface area contributed by atoms with Gasteiger partial charge in [0.15, 0.2) is 5.17 Å². The normalized spacial score (nSPS) is 19.4. The van der Waals surface area contributed by atoms with Crippen LogP contribution in [0.4, 0.5) is 0 Å². The minimum atomic E-state index is -0.0317. The predicted molar refractivity (Wildman–Crippen MR) is 87.4 cm³/mol. The number of halogens is 2. The Morgan fingerprint density at radius 2 is 2.10 bits per heavy atom. The molecule has 0 saturated carbocycles. The largest absolute Gasteiger partial charge is 0.287 e. The zero-order chi connectivity index (χ0) is 14.7. The van der Waals surface area contributed by atoms with Crippen LogP contribution in [-0.2, 0) is 4.79 Å². The molecule has 6 heteroatoms. The van der Waals surface area contributed by atoms with Gasteiger partial charge in [-0.25, -0.2) is 0 Å². The number of rotatable bonds is 3. The Hall–Kier alpha value is -0.970. The third-order valence-electron chi connectivity index (χ3n) is 2.75. The van der Waals surface area contributed by atoms with Gasteiger partial charge < -0.3 is 0 Å². The van der Waals surface area contributed by atoms with E-state index in [2.05, 4.69) is 4.99 Å². The molecule has 1 aromatic rings. The number of amidine groups is 1. The highest BCUT2D eigenvalue weighted by Gasteiger charge is 2.31. The Morgan fingerprint density at radius 1 is 1.35 bits per heavy atom. The molecule has 1 aliphatic rings. The molecule has 1 fully saturated rings. The minimum absolute atomic E-state index is 0.0317. The number of amides is 1. The van der Waals surface area contributed by atoms with Crippen molar-refractivity contribution in [2.45, 2.75) is 13.8 Å². The van der Waals surface area contributed by atoms with Gasteiger partial charge in [-0.15, -0.1) is 0 Å². The lowest BCUT2D eigenvalue weighted by Crippen LogP contribution is -2.28. The van der Waals surface area contributed by atoms with Gasteiger partial charge in [0.2, 0.25) is 0 Å². The van der Waals surface area contributed by atoms with E-state index in [1.807, 2.05) is 13.8 Å². The average molecular weight is 329 g/mol. The second kappa shape index (κ2) is 6.66. The molecule has 3 nitrogen and oxygen atoms in total. The highest BCUT2D eigenvalue weighted by molar-refractivity contribution is 8.18. The highest BCUT2D eigenvalue weighted by Crippen LogP contribution is 2.34. The van der Waals surface area contributed by atoms with E-state index in [1.165, 1.54) is 11.8 Å². The van der Waals surface area contributed by atoms with Crippen molar-refractivity contribution < 1.29 is 4.79 Å². The molecule has 1 aliphatic heterocycles. The second-order valence-corrected chi connectivity index (χ2v) is 5.94. The van der Waals surface area contributed by atoms with Crippen LogP contribution in [0, 0.1) is 0 Å². The van der Waals surface area contributed by atoms with Crippen LogP contribution in [0.2, 0.25) is 10.0 Å². The van der Waals surface area contributed by atoms with Gasteiger partial charge in [0, 0.05) is 23.1 Å². The molecule has 0 aromatic heterocycles. The number of hydrogen-bond acceptors (Lipinski definition) is 3. The van der Waals surface area contributed by atoms with Gasteiger partial charge in [-0.05, 0) is 49.4 Å². The van der Waals surface area contributed by atoms with E-state index in [0.29, 0.717) is 28.0 Å². The first kappa shape index (κ1) is 15.4. The molecule has 0 spiro atoms. The van der Waals surface area contributed by atoms with Crippen molar-refractivity contribution in [3.05, 3.63) is 38.7 Å². The summed E-state index contributed by atoms with van der Waals surface area (Å²) < 4.78 is 0. The molecule has 1 aromatic carbocycles. The van der Waals surface area contributed by atoms with Gasteiger partial charge in [-0.1, -0.05) is 29.3 Å². The number of benzene rings is 1. The maximum atomic E-state index is 12.3. The van der Waals surface area contributed by atoms with Gasteiger partial charge in [-0.3, -0.25) is 14.7 Å². The first-order valence-corrected chi connectivity index (χ1v) is 7.85. The van der Waals surface area contributed by atoms with Crippen LogP contribution in [0.1, 0.15) is 19.4 Å². The Kier molecular flexibility index (Phi) is 5.13. The molecule has 20 heavy (non-hydrogen) atoms. The summed E-state index contributed by atoms with van der Waals surface area (Å²) in [4.78, 5) is 18.9. The summed E-state index contributed by atoms with van der Waals surface area (Å²) in [5.74, 6) is -0.0317. The van der Waals surface area contributed by atoms with Gasteiger partial charge >= 0.3 is 0 Å². The van der Waals surface area contributed by atoms with E-state index in [0.717, 1.165) is 10.7 Å². The second-order valence-electron chi connectivity index (χ2n) is 4.08. The molecular weight excluding hydrogens is 315 g/mol. The third kappa shape index (κ3) is 3.19. The minimum Gasteiger partial charge on any atom is -0.287 e. The molecule has 0 atom stereocenters. The predicted octanol–water partition coefficient (Wildman–Crippen LogP) is 4.31. The van der Waals surface area contributed by atoms with Crippen molar-refractivity contribution in [3.63, 3.8) is 0 Å². The molecule has 0 N–H and O–H groups in total. The summed E-state index contributed by atoms with van der Waals surface area (Å²) in [5, 5.41) is 1.85. The van der Waals surface area contributed by atoms with Crippen LogP contribution >= 0.6 is 35.0 Å². The van der Waals surface area contributed by atoms with E-state index < -0.39 is 0 Å². The first-order chi connectivity index (χ1) is 9.56. The van der Waals surface area contributed by atoms with E-state index in [-0.39, 0.29) is 5.91 Å². The maximum absolute atomic E-state index is 12.3. The number of thioether (sulfide) groups is 1. The van der Waals surface area contributed by atoms with Crippen LogP contribution in [-0.4, -0.2) is 29.1 Å². The van der Waals surface area contributed by atoms with E-state index in [9.17, 15) is 4.79 Å². The lowest BCUT2D eigenvalue weighted by Gasteiger charge is -2.11. The summed E-state index contributed by atoms with van der Waals surface area (Å²) in [7, 11) is 0. The molecule has 106 valence electrons. The van der Waals surface area contributed by atoms with Gasteiger partial charge in [-0.2, -0.15) is 0 Å². The number of carbonyl (C=O) groups excluding carboxylic acids is 1. The fourth-order valence-electron chi connectivity index (χ4n) is 1.80. The van der Waals surface area contributed by atoms with Crippen molar-refractivity contribution in [3.8, 4) is 0 Å². The number of aliphatic imine (C=N–C) groups is 1. The molecule has 0 radical (unpaired) electrons. The fraction of sp³-hybridized carbons (Fsp3) is 0.286. The standard InChI is InChI=1S/C14H14Cl2N2OS/c1-3-17-14-18(4-2)13(19)12(20-14)7-9-5-6-10(15)8-11(9)16/h5-8H,3-4H2,1-2H3/b12-7+,17-14?. The Labute approximate surface area is 132 Å². The molecule has 2 rings (SSSR count). The Balaban J connectivity index is 2.35. The quantitative estimate of drug-likeness (QED) is 0.774. The maximum Gasteiger partial charge on any atom is 0.266 e. The number of nitrogens with zero attached hydrogens (tertiary/aromatic N) is 2. The monoisotopic (exact) mass is 328 g/mol. The molecule has 0 unspecified atom stereocenters. The van der Waals surface area contributed by atoms with Crippen molar-refractivity contribution >= 4 is 52.1 Å². The van der Waals surface area contributed by atoms with E-state index in [4.69, 9.17) is 23.2 Å². The van der Waals surface area contributed by atoms with E-state index >= 15 is 0 Å². The Morgan fingerprint density at radius 3 is 2.70 bits per heavy atom. The van der Waals surface area contributed by atoms with Gasteiger partial charge in [0.1, 0.15) is 0 Å². The highest BCUT2D eigenvalue weighted by atomic mass is 35.5. The fourth-order valence-corrected chi connectivity index (χ4v) is 3.36. The zero-order valence-electron chi connectivity index (χ0n) is 11.2. The lowest BCUT2D eigenvalue weighted by atomic mass is 10.2. The molecular formula is C14H14Cl2N2OS. The summed E-state index contributed by atoms with van der Waals surface area (Å²) in [5.41, 5.74) is 0.778. The molecule has 0 aliphatic carbocycles. The molecule has 1 amide bonds. The zero-order valence-corrected chi connectivity index (χ0v) is 13.5. The van der Waals surface area contributed by atoms with Crippen molar-refractivity contribution in [2.75, 3.05) is 13.1 Å². The molecule has 1 heterocycles. The summed E-state index contributed by atoms with van der Waals surface area (Å²) in [6, 6.07) is 5.22. The van der Waals surface area contributed by atoms with Gasteiger partial charge in [0.05, 0.1) is 4.91 Å².